The second-order valence-electron chi connectivity index (χ2n) is 7.00. The van der Waals surface area contributed by atoms with E-state index in [9.17, 15) is 4.79 Å². The van der Waals surface area contributed by atoms with Crippen molar-refractivity contribution < 1.29 is 4.79 Å². The van der Waals surface area contributed by atoms with Gasteiger partial charge in [-0.3, -0.25) is 4.79 Å². The van der Waals surface area contributed by atoms with E-state index in [4.69, 9.17) is 5.10 Å². The first-order chi connectivity index (χ1) is 14.1. The van der Waals surface area contributed by atoms with Crippen LogP contribution >= 0.6 is 0 Å². The van der Waals surface area contributed by atoms with Gasteiger partial charge in [-0.25, -0.2) is 9.67 Å². The van der Waals surface area contributed by atoms with Crippen LogP contribution in [0.25, 0.3) is 16.9 Å². The molecule has 0 aliphatic carbocycles. The predicted molar refractivity (Wildman–Crippen MR) is 113 cm³/mol. The van der Waals surface area contributed by atoms with Crippen LogP contribution in [-0.4, -0.2) is 31.8 Å². The first-order valence-electron chi connectivity index (χ1n) is 9.58. The minimum atomic E-state index is -0.141. The molecule has 0 atom stereocenters. The summed E-state index contributed by atoms with van der Waals surface area (Å²) in [6.45, 7) is 2.54. The first-order valence-corrected chi connectivity index (χ1v) is 9.58. The van der Waals surface area contributed by atoms with Gasteiger partial charge in [0.05, 0.1) is 11.3 Å². The average molecular weight is 385 g/mol. The Balaban J connectivity index is 1.62. The molecule has 6 heteroatoms. The van der Waals surface area contributed by atoms with Crippen LogP contribution in [0, 0.1) is 6.92 Å². The van der Waals surface area contributed by atoms with Crippen LogP contribution in [0.2, 0.25) is 0 Å². The van der Waals surface area contributed by atoms with Gasteiger partial charge in [-0.05, 0) is 25.1 Å². The molecule has 0 bridgehead atoms. The Morgan fingerprint density at radius 1 is 1.10 bits per heavy atom. The molecule has 0 saturated heterocycles. The van der Waals surface area contributed by atoms with Crippen molar-refractivity contribution in [1.29, 1.82) is 0 Å². The lowest BCUT2D eigenvalue weighted by atomic mass is 10.1. The lowest BCUT2D eigenvalue weighted by Gasteiger charge is -2.06. The molecular formula is C23H23N5O. The molecule has 0 radical (unpaired) electrons. The number of benzene rings is 2. The highest BCUT2D eigenvalue weighted by molar-refractivity contribution is 6.00. The van der Waals surface area contributed by atoms with Crippen molar-refractivity contribution >= 4 is 5.91 Å². The highest BCUT2D eigenvalue weighted by atomic mass is 16.1. The Hall–Kier alpha value is -3.67. The number of amides is 1. The number of hydrogen-bond acceptors (Lipinski definition) is 3. The van der Waals surface area contributed by atoms with Crippen molar-refractivity contribution in [3.05, 3.63) is 90.1 Å². The second-order valence-corrected chi connectivity index (χ2v) is 7.00. The van der Waals surface area contributed by atoms with E-state index in [1.54, 1.807) is 17.1 Å². The Bertz CT molecular complexity index is 1130. The standard InChI is InChI=1S/C23H23N5O/c1-17-7-6-8-18(15-17)22-20(16-28(26-22)19-9-4-3-5-10-19)23(29)25-12-11-21-24-13-14-27(21)2/h3-10,13-16H,11-12H2,1-2H3,(H,25,29). The third-order valence-electron chi connectivity index (χ3n) is 4.83. The smallest absolute Gasteiger partial charge is 0.255 e. The van der Waals surface area contributed by atoms with Gasteiger partial charge in [-0.15, -0.1) is 0 Å². The molecule has 0 fully saturated rings. The van der Waals surface area contributed by atoms with Gasteiger partial charge < -0.3 is 9.88 Å². The first kappa shape index (κ1) is 18.7. The number of aryl methyl sites for hydroxylation is 2. The summed E-state index contributed by atoms with van der Waals surface area (Å²) < 4.78 is 3.71. The minimum absolute atomic E-state index is 0.141. The number of rotatable bonds is 6. The molecule has 0 unspecified atom stereocenters. The van der Waals surface area contributed by atoms with Gasteiger partial charge >= 0.3 is 0 Å². The third kappa shape index (κ3) is 4.11. The molecule has 1 N–H and O–H groups in total. The van der Waals surface area contributed by atoms with Crippen molar-refractivity contribution in [2.75, 3.05) is 6.54 Å². The molecule has 0 saturated carbocycles. The fraction of sp³-hybridized carbons (Fsp3) is 0.174. The second kappa shape index (κ2) is 8.14. The topological polar surface area (TPSA) is 64.7 Å². The predicted octanol–water partition coefficient (Wildman–Crippen LogP) is 3.55. The van der Waals surface area contributed by atoms with E-state index in [2.05, 4.69) is 10.3 Å². The van der Waals surface area contributed by atoms with Crippen LogP contribution in [0.5, 0.6) is 0 Å². The normalized spacial score (nSPS) is 10.8. The van der Waals surface area contributed by atoms with Crippen LogP contribution in [0.4, 0.5) is 0 Å². The number of carbonyl (C=O) groups excluding carboxylic acids is 1. The van der Waals surface area contributed by atoms with Gasteiger partial charge in [0.2, 0.25) is 0 Å². The lowest BCUT2D eigenvalue weighted by molar-refractivity contribution is 0.0954. The number of aromatic nitrogens is 4. The van der Waals surface area contributed by atoms with Crippen molar-refractivity contribution in [2.24, 2.45) is 7.05 Å². The van der Waals surface area contributed by atoms with Crippen LogP contribution in [0.1, 0.15) is 21.7 Å². The van der Waals surface area contributed by atoms with Gasteiger partial charge in [0.25, 0.3) is 5.91 Å². The van der Waals surface area contributed by atoms with Crippen molar-refractivity contribution in [3.8, 4) is 16.9 Å². The molecule has 6 nitrogen and oxygen atoms in total. The Morgan fingerprint density at radius 2 is 1.93 bits per heavy atom. The molecule has 4 rings (SSSR count). The van der Waals surface area contributed by atoms with Crippen LogP contribution in [0.3, 0.4) is 0 Å². The summed E-state index contributed by atoms with van der Waals surface area (Å²) in [7, 11) is 1.95. The monoisotopic (exact) mass is 385 g/mol. The van der Waals surface area contributed by atoms with E-state index in [0.29, 0.717) is 24.2 Å². The Kier molecular flexibility index (Phi) is 5.24. The molecule has 2 heterocycles. The number of para-hydroxylation sites is 1. The Labute approximate surface area is 169 Å². The fourth-order valence-corrected chi connectivity index (χ4v) is 3.28. The summed E-state index contributed by atoms with van der Waals surface area (Å²) in [6, 6.07) is 17.8. The van der Waals surface area contributed by atoms with Crippen molar-refractivity contribution in [2.45, 2.75) is 13.3 Å². The summed E-state index contributed by atoms with van der Waals surface area (Å²) in [6.07, 6.45) is 6.12. The summed E-state index contributed by atoms with van der Waals surface area (Å²) in [5.41, 5.74) is 4.19. The van der Waals surface area contributed by atoms with E-state index in [1.165, 1.54) is 0 Å². The van der Waals surface area contributed by atoms with Gasteiger partial charge in [-0.2, -0.15) is 5.10 Å². The molecular weight excluding hydrogens is 362 g/mol. The molecule has 29 heavy (non-hydrogen) atoms. The summed E-state index contributed by atoms with van der Waals surface area (Å²) in [5, 5.41) is 7.73. The van der Waals surface area contributed by atoms with E-state index < -0.39 is 0 Å². The van der Waals surface area contributed by atoms with Gasteiger partial charge in [-0.1, -0.05) is 42.0 Å². The molecule has 4 aromatic rings. The summed E-state index contributed by atoms with van der Waals surface area (Å²) in [4.78, 5) is 17.3. The van der Waals surface area contributed by atoms with Crippen LogP contribution in [-0.2, 0) is 13.5 Å². The number of hydrogen-bond donors (Lipinski definition) is 1. The lowest BCUT2D eigenvalue weighted by Crippen LogP contribution is -2.26. The summed E-state index contributed by atoms with van der Waals surface area (Å²) >= 11 is 0. The SMILES string of the molecule is Cc1cccc(-c2nn(-c3ccccc3)cc2C(=O)NCCc2nccn2C)c1. The van der Waals surface area contributed by atoms with Crippen molar-refractivity contribution in [1.82, 2.24) is 24.6 Å². The zero-order valence-electron chi connectivity index (χ0n) is 16.5. The third-order valence-corrected chi connectivity index (χ3v) is 4.83. The fourth-order valence-electron chi connectivity index (χ4n) is 3.28. The number of nitrogens with one attached hydrogen (secondary N) is 1. The number of nitrogens with zero attached hydrogens (tertiary/aromatic N) is 4. The minimum Gasteiger partial charge on any atom is -0.351 e. The zero-order valence-corrected chi connectivity index (χ0v) is 16.5. The Morgan fingerprint density at radius 3 is 2.66 bits per heavy atom. The molecule has 0 aliphatic heterocycles. The molecule has 2 aromatic carbocycles. The van der Waals surface area contributed by atoms with E-state index in [0.717, 1.165) is 22.6 Å². The largest absolute Gasteiger partial charge is 0.351 e. The van der Waals surface area contributed by atoms with Gasteiger partial charge in [0, 0.05) is 44.2 Å². The van der Waals surface area contributed by atoms with Gasteiger partial charge in [0.15, 0.2) is 0 Å². The van der Waals surface area contributed by atoms with Gasteiger partial charge in [0.1, 0.15) is 11.5 Å². The number of carbonyl (C=O) groups is 1. The summed E-state index contributed by atoms with van der Waals surface area (Å²) in [5.74, 6) is 0.794. The maximum absolute atomic E-state index is 13.0. The maximum atomic E-state index is 13.0. The van der Waals surface area contributed by atoms with E-state index in [-0.39, 0.29) is 5.91 Å². The van der Waals surface area contributed by atoms with E-state index >= 15 is 0 Å². The molecule has 0 aliphatic rings. The maximum Gasteiger partial charge on any atom is 0.255 e. The van der Waals surface area contributed by atoms with E-state index in [1.807, 2.05) is 79.3 Å². The van der Waals surface area contributed by atoms with Crippen molar-refractivity contribution in [3.63, 3.8) is 0 Å². The van der Waals surface area contributed by atoms with Crippen LogP contribution in [0.15, 0.2) is 73.2 Å². The molecule has 2 aromatic heterocycles. The quantitative estimate of drug-likeness (QED) is 0.552. The number of imidazole rings is 1. The molecule has 146 valence electrons. The average Bonchev–Trinajstić information content (AvgIpc) is 3.35. The molecule has 1 amide bonds. The highest BCUT2D eigenvalue weighted by Gasteiger charge is 2.18. The zero-order chi connectivity index (χ0) is 20.2. The van der Waals surface area contributed by atoms with Crippen LogP contribution < -0.4 is 5.32 Å². The highest BCUT2D eigenvalue weighted by Crippen LogP contribution is 2.24. The molecule has 0 spiro atoms.